The van der Waals surface area contributed by atoms with E-state index in [1.807, 2.05) is 18.2 Å². The van der Waals surface area contributed by atoms with Crippen molar-refractivity contribution in [2.24, 2.45) is 5.41 Å². The highest BCUT2D eigenvalue weighted by Gasteiger charge is 2.38. The maximum Gasteiger partial charge on any atom is 0.305 e. The van der Waals surface area contributed by atoms with Crippen LogP contribution in [0.15, 0.2) is 30.3 Å². The molecule has 104 valence electrons. The smallest absolute Gasteiger partial charge is 0.305 e. The molecule has 0 atom stereocenters. The van der Waals surface area contributed by atoms with Crippen molar-refractivity contribution in [1.29, 1.82) is 0 Å². The van der Waals surface area contributed by atoms with E-state index in [9.17, 15) is 4.79 Å². The van der Waals surface area contributed by atoms with E-state index in [2.05, 4.69) is 19.1 Å². The summed E-state index contributed by atoms with van der Waals surface area (Å²) in [6, 6.07) is 10.2. The van der Waals surface area contributed by atoms with Crippen LogP contribution in [0, 0.1) is 5.41 Å². The molecule has 0 bridgehead atoms. The number of ether oxygens (including phenoxy) is 2. The molecule has 1 aliphatic rings. The summed E-state index contributed by atoms with van der Waals surface area (Å²) in [4.78, 5) is 11.7. The minimum absolute atomic E-state index is 0.0874. The molecule has 3 nitrogen and oxygen atoms in total. The van der Waals surface area contributed by atoms with Crippen LogP contribution in [0.4, 0.5) is 0 Å². The number of carbonyl (C=O) groups is 1. The number of carbonyl (C=O) groups excluding carboxylic acids is 1. The Kier molecular flexibility index (Phi) is 4.97. The molecule has 2 rings (SSSR count). The Morgan fingerprint density at radius 1 is 1.32 bits per heavy atom. The van der Waals surface area contributed by atoms with E-state index < -0.39 is 0 Å². The fraction of sp³-hybridized carbons (Fsp3) is 0.562. The minimum atomic E-state index is -0.0874. The summed E-state index contributed by atoms with van der Waals surface area (Å²) < 4.78 is 10.6. The summed E-state index contributed by atoms with van der Waals surface area (Å²) >= 11 is 0. The number of rotatable bonds is 7. The molecular weight excluding hydrogens is 240 g/mol. The molecule has 1 heterocycles. The first-order valence-electron chi connectivity index (χ1n) is 7.01. The van der Waals surface area contributed by atoms with Crippen LogP contribution in [-0.2, 0) is 20.7 Å². The molecule has 1 saturated heterocycles. The second kappa shape index (κ2) is 6.71. The Balaban J connectivity index is 1.62. The second-order valence-corrected chi connectivity index (χ2v) is 5.35. The number of hydrogen-bond acceptors (Lipinski definition) is 3. The van der Waals surface area contributed by atoms with Gasteiger partial charge in [0.2, 0.25) is 0 Å². The quantitative estimate of drug-likeness (QED) is 0.709. The van der Waals surface area contributed by atoms with Gasteiger partial charge in [-0.05, 0) is 24.8 Å². The first-order chi connectivity index (χ1) is 9.24. The van der Waals surface area contributed by atoms with Crippen LogP contribution in [0.5, 0.6) is 0 Å². The van der Waals surface area contributed by atoms with E-state index in [0.717, 1.165) is 32.5 Å². The predicted molar refractivity (Wildman–Crippen MR) is 73.9 cm³/mol. The molecule has 0 radical (unpaired) electrons. The average Bonchev–Trinajstić information content (AvgIpc) is 2.39. The van der Waals surface area contributed by atoms with Gasteiger partial charge in [0.1, 0.15) is 6.61 Å². The zero-order chi connectivity index (χ0) is 13.6. The Hall–Kier alpha value is -1.35. The lowest BCUT2D eigenvalue weighted by molar-refractivity contribution is -0.170. The summed E-state index contributed by atoms with van der Waals surface area (Å²) in [6.07, 6.45) is 3.27. The lowest BCUT2D eigenvalue weighted by atomic mass is 9.84. The summed E-state index contributed by atoms with van der Waals surface area (Å²) in [5.41, 5.74) is 1.36. The molecular formula is C16H22O3. The second-order valence-electron chi connectivity index (χ2n) is 5.35. The van der Waals surface area contributed by atoms with Crippen molar-refractivity contribution in [1.82, 2.24) is 0 Å². The molecule has 0 saturated carbocycles. The highest BCUT2D eigenvalue weighted by atomic mass is 16.5. The van der Waals surface area contributed by atoms with Gasteiger partial charge in [-0.2, -0.15) is 0 Å². The van der Waals surface area contributed by atoms with Crippen molar-refractivity contribution in [3.8, 4) is 0 Å². The van der Waals surface area contributed by atoms with Crippen LogP contribution in [0.2, 0.25) is 0 Å². The van der Waals surface area contributed by atoms with Crippen molar-refractivity contribution < 1.29 is 14.3 Å². The standard InChI is InChI=1S/C16H22O3/c1-2-16(11-18-12-16)13-19-15(17)10-6-9-14-7-4-3-5-8-14/h3-5,7-8H,2,6,9-13H2,1H3. The fourth-order valence-electron chi connectivity index (χ4n) is 2.17. The van der Waals surface area contributed by atoms with Crippen LogP contribution < -0.4 is 0 Å². The van der Waals surface area contributed by atoms with Crippen LogP contribution in [0.1, 0.15) is 31.7 Å². The Bertz CT molecular complexity index is 390. The largest absolute Gasteiger partial charge is 0.465 e. The number of hydrogen-bond donors (Lipinski definition) is 0. The molecule has 0 aliphatic carbocycles. The summed E-state index contributed by atoms with van der Waals surface area (Å²) in [5.74, 6) is -0.0874. The number of esters is 1. The van der Waals surface area contributed by atoms with Crippen molar-refractivity contribution in [2.45, 2.75) is 32.6 Å². The minimum Gasteiger partial charge on any atom is -0.465 e. The lowest BCUT2D eigenvalue weighted by Gasteiger charge is -2.39. The SMILES string of the molecule is CCC1(COC(=O)CCCc2ccccc2)COC1. The topological polar surface area (TPSA) is 35.5 Å². The zero-order valence-electron chi connectivity index (χ0n) is 11.6. The van der Waals surface area contributed by atoms with Gasteiger partial charge in [-0.1, -0.05) is 37.3 Å². The zero-order valence-corrected chi connectivity index (χ0v) is 11.6. The van der Waals surface area contributed by atoms with Gasteiger partial charge in [-0.3, -0.25) is 4.79 Å². The predicted octanol–water partition coefficient (Wildman–Crippen LogP) is 2.98. The summed E-state index contributed by atoms with van der Waals surface area (Å²) in [6.45, 7) is 4.07. The molecule has 1 aliphatic heterocycles. The third-order valence-electron chi connectivity index (χ3n) is 3.80. The van der Waals surface area contributed by atoms with Gasteiger partial charge < -0.3 is 9.47 Å². The molecule has 0 N–H and O–H groups in total. The molecule has 0 spiro atoms. The highest BCUT2D eigenvalue weighted by Crippen LogP contribution is 2.31. The van der Waals surface area contributed by atoms with Crippen LogP contribution in [0.3, 0.4) is 0 Å². The first kappa shape index (κ1) is 14.1. The van der Waals surface area contributed by atoms with Gasteiger partial charge in [-0.25, -0.2) is 0 Å². The van der Waals surface area contributed by atoms with E-state index in [4.69, 9.17) is 9.47 Å². The molecule has 1 aromatic carbocycles. The maximum absolute atomic E-state index is 11.7. The first-order valence-corrected chi connectivity index (χ1v) is 7.01. The van der Waals surface area contributed by atoms with E-state index in [0.29, 0.717) is 13.0 Å². The van der Waals surface area contributed by atoms with Crippen molar-refractivity contribution in [3.63, 3.8) is 0 Å². The van der Waals surface area contributed by atoms with Gasteiger partial charge in [-0.15, -0.1) is 0 Å². The van der Waals surface area contributed by atoms with Crippen molar-refractivity contribution in [2.75, 3.05) is 19.8 Å². The van der Waals surface area contributed by atoms with Crippen molar-refractivity contribution >= 4 is 5.97 Å². The Labute approximate surface area is 114 Å². The maximum atomic E-state index is 11.7. The van der Waals surface area contributed by atoms with E-state index in [1.54, 1.807) is 0 Å². The summed E-state index contributed by atoms with van der Waals surface area (Å²) in [5, 5.41) is 0. The fourth-order valence-corrected chi connectivity index (χ4v) is 2.17. The van der Waals surface area contributed by atoms with Crippen molar-refractivity contribution in [3.05, 3.63) is 35.9 Å². The number of aryl methyl sites for hydroxylation is 1. The van der Waals surface area contributed by atoms with Crippen LogP contribution >= 0.6 is 0 Å². The van der Waals surface area contributed by atoms with E-state index in [-0.39, 0.29) is 11.4 Å². The van der Waals surface area contributed by atoms with Crippen LogP contribution in [0.25, 0.3) is 0 Å². The van der Waals surface area contributed by atoms with Gasteiger partial charge in [0, 0.05) is 6.42 Å². The molecule has 1 aromatic rings. The van der Waals surface area contributed by atoms with E-state index >= 15 is 0 Å². The lowest BCUT2D eigenvalue weighted by Crippen LogP contribution is -2.46. The van der Waals surface area contributed by atoms with Gasteiger partial charge in [0.25, 0.3) is 0 Å². The highest BCUT2D eigenvalue weighted by molar-refractivity contribution is 5.69. The Morgan fingerprint density at radius 2 is 2.05 bits per heavy atom. The van der Waals surface area contributed by atoms with Gasteiger partial charge in [0.15, 0.2) is 0 Å². The monoisotopic (exact) mass is 262 g/mol. The molecule has 0 amide bonds. The molecule has 1 fully saturated rings. The van der Waals surface area contributed by atoms with E-state index in [1.165, 1.54) is 5.56 Å². The third kappa shape index (κ3) is 4.06. The van der Waals surface area contributed by atoms with Crippen LogP contribution in [-0.4, -0.2) is 25.8 Å². The third-order valence-corrected chi connectivity index (χ3v) is 3.80. The van der Waals surface area contributed by atoms with Gasteiger partial charge in [0.05, 0.1) is 18.6 Å². The Morgan fingerprint density at radius 3 is 2.63 bits per heavy atom. The van der Waals surface area contributed by atoms with Gasteiger partial charge >= 0.3 is 5.97 Å². The molecule has 3 heteroatoms. The molecule has 19 heavy (non-hydrogen) atoms. The summed E-state index contributed by atoms with van der Waals surface area (Å²) in [7, 11) is 0. The molecule has 0 aromatic heterocycles. The normalized spacial score (nSPS) is 16.7. The number of benzene rings is 1. The average molecular weight is 262 g/mol. The molecule has 0 unspecified atom stereocenters.